The largest absolute Gasteiger partial charge is 0.459 e. The van der Waals surface area contributed by atoms with Gasteiger partial charge in [-0.15, -0.1) is 11.8 Å². The third-order valence-corrected chi connectivity index (χ3v) is 6.53. The normalized spacial score (nSPS) is 25.9. The Labute approximate surface area is 163 Å². The molecule has 11 heteroatoms. The maximum Gasteiger partial charge on any atom is 0.330 e. The summed E-state index contributed by atoms with van der Waals surface area (Å²) in [6.07, 6.45) is 2.47. The first-order valence-corrected chi connectivity index (χ1v) is 9.49. The van der Waals surface area contributed by atoms with Crippen molar-refractivity contribution in [2.45, 2.75) is 42.5 Å². The number of thioether (sulfide) groups is 1. The highest BCUT2D eigenvalue weighted by Crippen LogP contribution is 2.52. The lowest BCUT2D eigenvalue weighted by molar-refractivity contribution is -0.384. The Morgan fingerprint density at radius 2 is 2.21 bits per heavy atom. The van der Waals surface area contributed by atoms with Crippen LogP contribution in [0.5, 0.6) is 0 Å². The van der Waals surface area contributed by atoms with Crippen molar-refractivity contribution in [3.63, 3.8) is 0 Å². The molecule has 3 heterocycles. The van der Waals surface area contributed by atoms with Crippen LogP contribution in [0.15, 0.2) is 30.5 Å². The van der Waals surface area contributed by atoms with Crippen molar-refractivity contribution in [3.05, 3.63) is 51.8 Å². The summed E-state index contributed by atoms with van der Waals surface area (Å²) in [4.78, 5) is 36.8. The third-order valence-electron chi connectivity index (χ3n) is 4.96. The second-order valence-corrected chi connectivity index (χ2v) is 8.67. The number of esters is 1. The van der Waals surface area contributed by atoms with Crippen molar-refractivity contribution in [2.24, 2.45) is 0 Å². The number of nitro groups is 1. The molecule has 2 aromatic rings. The molecule has 2 aliphatic heterocycles. The van der Waals surface area contributed by atoms with Gasteiger partial charge < -0.3 is 9.64 Å². The second-order valence-electron chi connectivity index (χ2n) is 6.96. The number of nitro benzene ring substituents is 1. The van der Waals surface area contributed by atoms with Crippen molar-refractivity contribution < 1.29 is 19.2 Å². The highest BCUT2D eigenvalue weighted by Gasteiger charge is 2.61. The average Bonchev–Trinajstić information content (AvgIpc) is 3.24. The number of carbonyl (C=O) groups excluding carboxylic acids is 2. The Morgan fingerprint density at radius 1 is 1.46 bits per heavy atom. The highest BCUT2D eigenvalue weighted by atomic mass is 32.2. The van der Waals surface area contributed by atoms with Gasteiger partial charge in [-0.1, -0.05) is 0 Å². The van der Waals surface area contributed by atoms with Crippen LogP contribution in [0, 0.1) is 10.1 Å². The van der Waals surface area contributed by atoms with E-state index in [-0.39, 0.29) is 23.6 Å². The van der Waals surface area contributed by atoms with E-state index in [1.165, 1.54) is 12.1 Å². The maximum absolute atomic E-state index is 12.9. The van der Waals surface area contributed by atoms with Crippen molar-refractivity contribution in [3.8, 4) is 0 Å². The van der Waals surface area contributed by atoms with Crippen LogP contribution in [-0.4, -0.2) is 53.3 Å². The predicted molar refractivity (Wildman–Crippen MR) is 98.0 cm³/mol. The van der Waals surface area contributed by atoms with Gasteiger partial charge in [0, 0.05) is 18.6 Å². The van der Waals surface area contributed by atoms with E-state index in [0.717, 1.165) is 0 Å². The number of nitrogens with zero attached hydrogens (tertiary/aromatic N) is 4. The molecule has 1 aromatic heterocycles. The van der Waals surface area contributed by atoms with Gasteiger partial charge in [0.05, 0.1) is 33.4 Å². The zero-order valence-electron chi connectivity index (χ0n) is 14.9. The van der Waals surface area contributed by atoms with E-state index in [9.17, 15) is 19.7 Å². The SMILES string of the molecule is CC1(Cc2cn[nH]n2)S[C@@H]2CC(=O)N2C1C(=O)OCc1ccc([N+](=O)[O-])cc1. The van der Waals surface area contributed by atoms with E-state index in [2.05, 4.69) is 15.4 Å². The number of carbonyl (C=O) groups is 2. The van der Waals surface area contributed by atoms with Gasteiger partial charge in [0.1, 0.15) is 12.6 Å². The van der Waals surface area contributed by atoms with E-state index < -0.39 is 21.7 Å². The quantitative estimate of drug-likeness (QED) is 0.332. The molecular weight excluding hydrogens is 386 g/mol. The predicted octanol–water partition coefficient (Wildman–Crippen LogP) is 1.43. The van der Waals surface area contributed by atoms with Crippen LogP contribution in [0.3, 0.4) is 0 Å². The summed E-state index contributed by atoms with van der Waals surface area (Å²) in [7, 11) is 0. The number of hydrogen-bond acceptors (Lipinski definition) is 8. The standard InChI is InChI=1S/C17H17N5O5S/c1-17(7-11-8-18-20-19-11)15(21-13(23)6-14(21)28-17)16(24)27-9-10-2-4-12(5-3-10)22(25)26/h2-5,8,14-15H,6-7,9H2,1H3,(H,18,19,20)/t14-,15?,17?/m1/s1. The molecule has 1 N–H and O–H groups in total. The summed E-state index contributed by atoms with van der Waals surface area (Å²) in [5, 5.41) is 21.1. The van der Waals surface area contributed by atoms with E-state index in [1.54, 1.807) is 35.0 Å². The van der Waals surface area contributed by atoms with Gasteiger partial charge in [-0.2, -0.15) is 15.4 Å². The summed E-state index contributed by atoms with van der Waals surface area (Å²) in [5.41, 5.74) is 1.31. The van der Waals surface area contributed by atoms with Gasteiger partial charge in [-0.05, 0) is 24.6 Å². The van der Waals surface area contributed by atoms with Crippen LogP contribution in [0.1, 0.15) is 24.6 Å². The Balaban J connectivity index is 1.48. The number of aromatic nitrogens is 3. The lowest BCUT2D eigenvalue weighted by atomic mass is 9.92. The first kappa shape index (κ1) is 18.4. The lowest BCUT2D eigenvalue weighted by Crippen LogP contribution is -2.58. The van der Waals surface area contributed by atoms with Gasteiger partial charge in [0.2, 0.25) is 5.91 Å². The number of ether oxygens (including phenoxy) is 1. The van der Waals surface area contributed by atoms with Crippen LogP contribution >= 0.6 is 11.8 Å². The van der Waals surface area contributed by atoms with Crippen LogP contribution in [0.25, 0.3) is 0 Å². The molecule has 0 aliphatic carbocycles. The summed E-state index contributed by atoms with van der Waals surface area (Å²) >= 11 is 1.58. The second kappa shape index (κ2) is 6.89. The number of H-pyrrole nitrogens is 1. The first-order valence-electron chi connectivity index (χ1n) is 8.61. The molecule has 0 saturated carbocycles. The van der Waals surface area contributed by atoms with Gasteiger partial charge in [-0.3, -0.25) is 14.9 Å². The molecule has 1 aromatic carbocycles. The number of rotatable bonds is 6. The maximum atomic E-state index is 12.9. The number of amides is 1. The summed E-state index contributed by atoms with van der Waals surface area (Å²) < 4.78 is 4.89. The number of nitrogens with one attached hydrogen (secondary N) is 1. The molecule has 4 rings (SSSR count). The number of β-lactam (4-membered cyclic amide) rings is 1. The Morgan fingerprint density at radius 3 is 2.82 bits per heavy atom. The molecule has 28 heavy (non-hydrogen) atoms. The van der Waals surface area contributed by atoms with Gasteiger partial charge >= 0.3 is 5.97 Å². The minimum absolute atomic E-state index is 0.0231. The number of hydrogen-bond donors (Lipinski definition) is 1. The molecule has 0 spiro atoms. The molecule has 3 atom stereocenters. The minimum atomic E-state index is -0.724. The number of benzene rings is 1. The summed E-state index contributed by atoms with van der Waals surface area (Å²) in [6, 6.07) is 5.08. The molecule has 2 saturated heterocycles. The topological polar surface area (TPSA) is 131 Å². The van der Waals surface area contributed by atoms with Gasteiger partial charge in [0.25, 0.3) is 5.69 Å². The minimum Gasteiger partial charge on any atom is -0.459 e. The molecular formula is C17H17N5O5S. The molecule has 2 aliphatic rings. The lowest BCUT2D eigenvalue weighted by Gasteiger charge is -2.37. The van der Waals surface area contributed by atoms with Gasteiger partial charge in [0.15, 0.2) is 0 Å². The zero-order chi connectivity index (χ0) is 19.9. The van der Waals surface area contributed by atoms with Crippen molar-refractivity contribution >= 4 is 29.3 Å². The molecule has 2 unspecified atom stereocenters. The molecule has 0 bridgehead atoms. The van der Waals surface area contributed by atoms with E-state index >= 15 is 0 Å². The highest BCUT2D eigenvalue weighted by molar-refractivity contribution is 8.01. The van der Waals surface area contributed by atoms with Crippen molar-refractivity contribution in [1.82, 2.24) is 20.3 Å². The Bertz CT molecular complexity index is 919. The molecule has 10 nitrogen and oxygen atoms in total. The first-order chi connectivity index (χ1) is 13.4. The van der Waals surface area contributed by atoms with Crippen LogP contribution < -0.4 is 0 Å². The van der Waals surface area contributed by atoms with Crippen molar-refractivity contribution in [2.75, 3.05) is 0 Å². The van der Waals surface area contributed by atoms with Crippen LogP contribution in [0.4, 0.5) is 5.69 Å². The number of fused-ring (bicyclic) bond motifs is 1. The van der Waals surface area contributed by atoms with E-state index in [0.29, 0.717) is 24.1 Å². The summed E-state index contributed by atoms with van der Waals surface area (Å²) in [5.74, 6) is -0.564. The fraction of sp³-hybridized carbons (Fsp3) is 0.412. The molecule has 146 valence electrons. The fourth-order valence-corrected chi connectivity index (χ4v) is 5.37. The Kier molecular flexibility index (Phi) is 4.53. The fourth-order valence-electron chi connectivity index (χ4n) is 3.60. The molecule has 2 fully saturated rings. The molecule has 1 amide bonds. The van der Waals surface area contributed by atoms with Crippen LogP contribution in [0.2, 0.25) is 0 Å². The Hall–Kier alpha value is -2.95. The third kappa shape index (κ3) is 3.21. The van der Waals surface area contributed by atoms with Gasteiger partial charge in [-0.25, -0.2) is 4.79 Å². The number of aromatic amines is 1. The average molecular weight is 403 g/mol. The monoisotopic (exact) mass is 403 g/mol. The van der Waals surface area contributed by atoms with E-state index in [1.807, 2.05) is 6.92 Å². The number of non-ortho nitro benzene ring substituents is 1. The van der Waals surface area contributed by atoms with Crippen LogP contribution in [-0.2, 0) is 27.4 Å². The zero-order valence-corrected chi connectivity index (χ0v) is 15.7. The van der Waals surface area contributed by atoms with Crippen molar-refractivity contribution in [1.29, 1.82) is 0 Å². The smallest absolute Gasteiger partial charge is 0.330 e. The molecule has 0 radical (unpaired) electrons. The summed E-state index contributed by atoms with van der Waals surface area (Å²) in [6.45, 7) is 1.90. The van der Waals surface area contributed by atoms with E-state index in [4.69, 9.17) is 4.74 Å².